The molecule has 3 nitrogen and oxygen atoms in total. The molecule has 5 heteroatoms. The van der Waals surface area contributed by atoms with Crippen molar-refractivity contribution in [2.45, 2.75) is 71.0 Å². The van der Waals surface area contributed by atoms with Crippen LogP contribution in [0.2, 0.25) is 19.6 Å². The smallest absolute Gasteiger partial charge is 0.120 e. The number of hydrogen-bond donors (Lipinski definition) is 0. The summed E-state index contributed by atoms with van der Waals surface area (Å²) < 4.78 is 6.20. The van der Waals surface area contributed by atoms with Gasteiger partial charge in [-0.2, -0.15) is 0 Å². The standard InChI is InChI=1S/C25H24NO.C14H16NSi.Ir/c1-24(2)12-13-25(3,4)20-15-26-21(14-19(20)24)18-10-7-9-17-16-8-5-6-11-22(16)27-23(17)18;1-16(2,3)13-9-10-14(15-11-13)12-7-5-4-6-8-12;/h5-9,11,14-15H,12-13H2,1-4H3;4-7,9-11H,1-3H3;/q2*-1;. The van der Waals surface area contributed by atoms with Gasteiger partial charge in [-0.15, -0.1) is 54.1 Å². The molecule has 3 aromatic carbocycles. The topological polar surface area (TPSA) is 38.9 Å². The third-order valence-corrected chi connectivity index (χ3v) is 11.0. The van der Waals surface area contributed by atoms with Crippen LogP contribution in [0.25, 0.3) is 44.5 Å². The van der Waals surface area contributed by atoms with E-state index in [0.29, 0.717) is 0 Å². The van der Waals surface area contributed by atoms with Crippen LogP contribution < -0.4 is 5.19 Å². The van der Waals surface area contributed by atoms with Crippen molar-refractivity contribution >= 4 is 35.2 Å². The minimum absolute atomic E-state index is 0. The molecular weight excluding hydrogens is 733 g/mol. The normalized spacial score (nSPS) is 15.2. The maximum atomic E-state index is 6.20. The van der Waals surface area contributed by atoms with E-state index in [2.05, 4.69) is 107 Å². The summed E-state index contributed by atoms with van der Waals surface area (Å²) in [6.45, 7) is 16.3. The molecule has 0 bridgehead atoms. The molecule has 0 amide bonds. The molecule has 7 rings (SSSR count). The van der Waals surface area contributed by atoms with Crippen LogP contribution in [0.15, 0.2) is 95.7 Å². The Balaban J connectivity index is 0.000000194. The number of rotatable bonds is 3. The second-order valence-corrected chi connectivity index (χ2v) is 19.1. The maximum absolute atomic E-state index is 6.20. The summed E-state index contributed by atoms with van der Waals surface area (Å²) in [5.74, 6) is 0. The van der Waals surface area contributed by atoms with Gasteiger partial charge in [0.05, 0.1) is 13.7 Å². The van der Waals surface area contributed by atoms with E-state index in [-0.39, 0.29) is 30.9 Å². The largest absolute Gasteiger partial charge is 0.501 e. The fourth-order valence-corrected chi connectivity index (χ4v) is 7.05. The van der Waals surface area contributed by atoms with Gasteiger partial charge in [0, 0.05) is 37.9 Å². The summed E-state index contributed by atoms with van der Waals surface area (Å²) in [7, 11) is -1.23. The van der Waals surface area contributed by atoms with Crippen molar-refractivity contribution in [2.24, 2.45) is 0 Å². The van der Waals surface area contributed by atoms with Crippen molar-refractivity contribution in [2.75, 3.05) is 0 Å². The maximum Gasteiger partial charge on any atom is 0.120 e. The quantitative estimate of drug-likeness (QED) is 0.133. The van der Waals surface area contributed by atoms with Crippen molar-refractivity contribution in [1.29, 1.82) is 0 Å². The number of furan rings is 1. The van der Waals surface area contributed by atoms with E-state index in [1.165, 1.54) is 29.2 Å². The van der Waals surface area contributed by atoms with Gasteiger partial charge < -0.3 is 14.4 Å². The second-order valence-electron chi connectivity index (χ2n) is 14.0. The van der Waals surface area contributed by atoms with Crippen LogP contribution in [0.1, 0.15) is 51.7 Å². The number of para-hydroxylation sites is 1. The SMILES string of the molecule is CC1(C)CCC(C)(C)c2cc(-c3[c-]ccc4c3oc3ccccc34)ncc21.C[Si](C)(C)c1ccc(-c2[c-]cccc2)nc1.[Ir]. The molecule has 0 saturated carbocycles. The zero-order valence-corrected chi connectivity index (χ0v) is 30.1. The van der Waals surface area contributed by atoms with Crippen molar-refractivity contribution in [3.05, 3.63) is 115 Å². The van der Waals surface area contributed by atoms with E-state index in [1.54, 1.807) is 0 Å². The van der Waals surface area contributed by atoms with Crippen LogP contribution in [0, 0.1) is 12.1 Å². The number of pyridine rings is 2. The summed E-state index contributed by atoms with van der Waals surface area (Å²) in [4.78, 5) is 9.37. The van der Waals surface area contributed by atoms with Crippen molar-refractivity contribution in [3.63, 3.8) is 0 Å². The molecule has 1 radical (unpaired) electrons. The molecule has 1 aliphatic carbocycles. The van der Waals surface area contributed by atoms with Crippen LogP contribution in [0.4, 0.5) is 0 Å². The van der Waals surface area contributed by atoms with E-state index in [0.717, 1.165) is 44.5 Å². The van der Waals surface area contributed by atoms with E-state index >= 15 is 0 Å². The van der Waals surface area contributed by atoms with Crippen LogP contribution >= 0.6 is 0 Å². The Morgan fingerprint density at radius 3 is 2.09 bits per heavy atom. The van der Waals surface area contributed by atoms with Gasteiger partial charge in [-0.1, -0.05) is 94.7 Å². The Hall–Kier alpha value is -3.37. The van der Waals surface area contributed by atoms with Crippen LogP contribution in [0.5, 0.6) is 0 Å². The summed E-state index contributed by atoms with van der Waals surface area (Å²) in [5.41, 5.74) is 8.86. The molecule has 0 saturated heterocycles. The van der Waals surface area contributed by atoms with Crippen LogP contribution in [0.3, 0.4) is 0 Å². The predicted molar refractivity (Wildman–Crippen MR) is 183 cm³/mol. The molecule has 0 unspecified atom stereocenters. The van der Waals surface area contributed by atoms with Crippen molar-refractivity contribution in [1.82, 2.24) is 9.97 Å². The van der Waals surface area contributed by atoms with Gasteiger partial charge >= 0.3 is 0 Å². The molecule has 0 N–H and O–H groups in total. The zero-order chi connectivity index (χ0) is 30.4. The van der Waals surface area contributed by atoms with Crippen LogP contribution in [-0.4, -0.2) is 18.0 Å². The first-order valence-corrected chi connectivity index (χ1v) is 18.7. The average Bonchev–Trinajstić information content (AvgIpc) is 3.39. The Morgan fingerprint density at radius 2 is 1.41 bits per heavy atom. The molecule has 1 aliphatic rings. The van der Waals surface area contributed by atoms with E-state index in [9.17, 15) is 0 Å². The monoisotopic (exact) mass is 773 g/mol. The van der Waals surface area contributed by atoms with Gasteiger partial charge in [-0.05, 0) is 57.4 Å². The molecule has 0 fully saturated rings. The van der Waals surface area contributed by atoms with Gasteiger partial charge in [0.25, 0.3) is 0 Å². The molecule has 3 heterocycles. The van der Waals surface area contributed by atoms with Gasteiger partial charge in [-0.25, -0.2) is 0 Å². The Morgan fingerprint density at radius 1 is 0.705 bits per heavy atom. The molecule has 0 spiro atoms. The fraction of sp³-hybridized carbons (Fsp3) is 0.282. The molecule has 227 valence electrons. The molecule has 6 aromatic rings. The number of nitrogens with zero attached hydrogens (tertiary/aromatic N) is 2. The Bertz CT molecular complexity index is 1900. The van der Waals surface area contributed by atoms with Gasteiger partial charge in [-0.3, -0.25) is 0 Å². The summed E-state index contributed by atoms with van der Waals surface area (Å²) in [6, 6.07) is 33.3. The minimum atomic E-state index is -1.23. The molecule has 0 aliphatic heterocycles. The fourth-order valence-electron chi connectivity index (χ4n) is 6.02. The van der Waals surface area contributed by atoms with Crippen molar-refractivity contribution < 1.29 is 24.5 Å². The summed E-state index contributed by atoms with van der Waals surface area (Å²) >= 11 is 0. The third-order valence-electron chi connectivity index (χ3n) is 8.95. The average molecular weight is 773 g/mol. The van der Waals surface area contributed by atoms with Gasteiger partial charge in [0.2, 0.25) is 0 Å². The first-order chi connectivity index (χ1) is 20.4. The minimum Gasteiger partial charge on any atom is -0.501 e. The second kappa shape index (κ2) is 12.2. The van der Waals surface area contributed by atoms with Crippen LogP contribution in [-0.2, 0) is 30.9 Å². The molecule has 44 heavy (non-hydrogen) atoms. The van der Waals surface area contributed by atoms with E-state index in [1.807, 2.05) is 48.7 Å². The molecular formula is C39H40IrN2OSi-2. The first kappa shape index (κ1) is 32.0. The number of hydrogen-bond acceptors (Lipinski definition) is 3. The Labute approximate surface area is 276 Å². The van der Waals surface area contributed by atoms with E-state index in [4.69, 9.17) is 9.40 Å². The van der Waals surface area contributed by atoms with E-state index < -0.39 is 8.07 Å². The van der Waals surface area contributed by atoms with Gasteiger partial charge in [0.1, 0.15) is 5.58 Å². The van der Waals surface area contributed by atoms with Crippen molar-refractivity contribution in [3.8, 4) is 22.5 Å². The third kappa shape index (κ3) is 6.24. The Kier molecular flexibility index (Phi) is 8.88. The molecule has 3 aromatic heterocycles. The zero-order valence-electron chi connectivity index (χ0n) is 26.7. The first-order valence-electron chi connectivity index (χ1n) is 15.2. The van der Waals surface area contributed by atoms with Gasteiger partial charge in [0.15, 0.2) is 0 Å². The number of benzene rings is 3. The number of aromatic nitrogens is 2. The summed E-state index contributed by atoms with van der Waals surface area (Å²) in [5, 5.41) is 3.66. The summed E-state index contributed by atoms with van der Waals surface area (Å²) in [6.07, 6.45) is 6.48. The molecule has 0 atom stereocenters. The number of fused-ring (bicyclic) bond motifs is 4. The predicted octanol–water partition coefficient (Wildman–Crippen LogP) is 9.89.